The number of aliphatic hydroxyl groups is 1. The van der Waals surface area contributed by atoms with Crippen molar-refractivity contribution in [3.05, 3.63) is 0 Å². The van der Waals surface area contributed by atoms with Crippen LogP contribution in [0.15, 0.2) is 0 Å². The zero-order chi connectivity index (χ0) is 12.3. The van der Waals surface area contributed by atoms with Crippen molar-refractivity contribution in [2.24, 2.45) is 23.0 Å². The molecule has 1 unspecified atom stereocenters. The Balaban J connectivity index is 2.45. The van der Waals surface area contributed by atoms with Crippen molar-refractivity contribution in [1.82, 2.24) is 4.90 Å². The van der Waals surface area contributed by atoms with Gasteiger partial charge in [0.2, 0.25) is 5.91 Å². The molecule has 16 heavy (non-hydrogen) atoms. The first-order chi connectivity index (χ1) is 7.37. The fourth-order valence-electron chi connectivity index (χ4n) is 2.13. The van der Waals surface area contributed by atoms with Crippen LogP contribution in [0.4, 0.5) is 0 Å². The van der Waals surface area contributed by atoms with E-state index < -0.39 is 0 Å². The minimum atomic E-state index is -0.0698. The van der Waals surface area contributed by atoms with Crippen molar-refractivity contribution in [1.29, 1.82) is 0 Å². The molecule has 1 aliphatic heterocycles. The van der Waals surface area contributed by atoms with Crippen LogP contribution in [0, 0.1) is 17.3 Å². The van der Waals surface area contributed by atoms with E-state index >= 15 is 0 Å². The second-order valence-electron chi connectivity index (χ2n) is 5.99. The minimum Gasteiger partial charge on any atom is -0.396 e. The molecule has 0 spiro atoms. The van der Waals surface area contributed by atoms with Crippen LogP contribution in [-0.2, 0) is 4.79 Å². The summed E-state index contributed by atoms with van der Waals surface area (Å²) in [5.41, 5.74) is 5.79. The van der Waals surface area contributed by atoms with Crippen molar-refractivity contribution in [3.63, 3.8) is 0 Å². The summed E-state index contributed by atoms with van der Waals surface area (Å²) < 4.78 is 0. The van der Waals surface area contributed by atoms with Gasteiger partial charge in [-0.2, -0.15) is 0 Å². The number of rotatable bonds is 4. The van der Waals surface area contributed by atoms with Gasteiger partial charge in [-0.05, 0) is 11.8 Å². The molecule has 3 N–H and O–H groups in total. The van der Waals surface area contributed by atoms with Crippen molar-refractivity contribution in [2.45, 2.75) is 27.2 Å². The summed E-state index contributed by atoms with van der Waals surface area (Å²) in [7, 11) is 0. The van der Waals surface area contributed by atoms with Gasteiger partial charge in [0.15, 0.2) is 0 Å². The Labute approximate surface area is 97.8 Å². The van der Waals surface area contributed by atoms with Gasteiger partial charge >= 0.3 is 0 Å². The summed E-state index contributed by atoms with van der Waals surface area (Å²) in [4.78, 5) is 13.9. The summed E-state index contributed by atoms with van der Waals surface area (Å²) >= 11 is 0. The first kappa shape index (κ1) is 13.5. The number of carbonyl (C=O) groups excluding carboxylic acids is 1. The van der Waals surface area contributed by atoms with Crippen LogP contribution in [0.2, 0.25) is 0 Å². The molecular formula is C12H24N2O2. The van der Waals surface area contributed by atoms with E-state index in [1.807, 2.05) is 4.90 Å². The smallest absolute Gasteiger partial charge is 0.226 e. The van der Waals surface area contributed by atoms with E-state index in [4.69, 9.17) is 10.8 Å². The molecule has 1 heterocycles. The Morgan fingerprint density at radius 2 is 2.06 bits per heavy atom. The van der Waals surface area contributed by atoms with Gasteiger partial charge in [-0.3, -0.25) is 4.79 Å². The fourth-order valence-corrected chi connectivity index (χ4v) is 2.13. The second-order valence-corrected chi connectivity index (χ2v) is 5.99. The van der Waals surface area contributed by atoms with Crippen LogP contribution in [0.5, 0.6) is 0 Å². The molecule has 94 valence electrons. The molecule has 0 aliphatic carbocycles. The van der Waals surface area contributed by atoms with Crippen LogP contribution in [-0.4, -0.2) is 42.2 Å². The predicted octanol–water partition coefficient (Wildman–Crippen LogP) is 0.448. The SMILES string of the molecule is CC(C)(C)CC(CN)C(=O)N1CC(CO)C1. The van der Waals surface area contributed by atoms with Gasteiger partial charge in [0.05, 0.1) is 5.92 Å². The topological polar surface area (TPSA) is 66.6 Å². The molecule has 0 bridgehead atoms. The number of nitrogens with zero attached hydrogens (tertiary/aromatic N) is 1. The quantitative estimate of drug-likeness (QED) is 0.734. The lowest BCUT2D eigenvalue weighted by Gasteiger charge is -2.41. The summed E-state index contributed by atoms with van der Waals surface area (Å²) in [6, 6.07) is 0. The van der Waals surface area contributed by atoms with E-state index in [0.717, 1.165) is 6.42 Å². The van der Waals surface area contributed by atoms with E-state index in [1.54, 1.807) is 0 Å². The largest absolute Gasteiger partial charge is 0.396 e. The molecule has 1 aliphatic rings. The van der Waals surface area contributed by atoms with Gasteiger partial charge in [-0.15, -0.1) is 0 Å². The lowest BCUT2D eigenvalue weighted by atomic mass is 9.83. The standard InChI is InChI=1S/C12H24N2O2/c1-12(2,3)4-10(5-13)11(16)14-6-9(7-14)8-15/h9-10,15H,4-8,13H2,1-3H3. The van der Waals surface area contributed by atoms with Gasteiger partial charge in [0.1, 0.15) is 0 Å². The Bertz CT molecular complexity index is 242. The summed E-state index contributed by atoms with van der Waals surface area (Å²) in [5.74, 6) is 0.360. The molecule has 4 heteroatoms. The number of hydrogen-bond acceptors (Lipinski definition) is 3. The summed E-state index contributed by atoms with van der Waals surface area (Å²) in [6.45, 7) is 8.33. The number of likely N-dealkylation sites (tertiary alicyclic amines) is 1. The average Bonchev–Trinajstić information content (AvgIpc) is 2.10. The number of nitrogens with two attached hydrogens (primary N) is 1. The Hall–Kier alpha value is -0.610. The maximum Gasteiger partial charge on any atom is 0.226 e. The first-order valence-electron chi connectivity index (χ1n) is 5.97. The van der Waals surface area contributed by atoms with Crippen molar-refractivity contribution in [2.75, 3.05) is 26.2 Å². The third kappa shape index (κ3) is 3.46. The van der Waals surface area contributed by atoms with E-state index in [0.29, 0.717) is 19.6 Å². The zero-order valence-electron chi connectivity index (χ0n) is 10.6. The highest BCUT2D eigenvalue weighted by molar-refractivity contribution is 5.79. The summed E-state index contributed by atoms with van der Waals surface area (Å²) in [5, 5.41) is 8.91. The zero-order valence-corrected chi connectivity index (χ0v) is 10.6. The van der Waals surface area contributed by atoms with Gasteiger partial charge in [0, 0.05) is 32.2 Å². The van der Waals surface area contributed by atoms with Crippen LogP contribution in [0.3, 0.4) is 0 Å². The lowest BCUT2D eigenvalue weighted by molar-refractivity contribution is -0.143. The van der Waals surface area contributed by atoms with E-state index in [-0.39, 0.29) is 29.8 Å². The van der Waals surface area contributed by atoms with Gasteiger partial charge in [0.25, 0.3) is 0 Å². The molecule has 1 atom stereocenters. The Kier molecular flexibility index (Phi) is 4.33. The van der Waals surface area contributed by atoms with Crippen molar-refractivity contribution in [3.8, 4) is 0 Å². The minimum absolute atomic E-state index is 0.0698. The van der Waals surface area contributed by atoms with Crippen LogP contribution >= 0.6 is 0 Å². The second kappa shape index (κ2) is 5.15. The van der Waals surface area contributed by atoms with Gasteiger partial charge < -0.3 is 15.7 Å². The highest BCUT2D eigenvalue weighted by Gasteiger charge is 2.34. The highest BCUT2D eigenvalue weighted by atomic mass is 16.3. The molecule has 1 rings (SSSR count). The Morgan fingerprint density at radius 1 is 1.50 bits per heavy atom. The van der Waals surface area contributed by atoms with Crippen LogP contribution < -0.4 is 5.73 Å². The monoisotopic (exact) mass is 228 g/mol. The number of amides is 1. The molecule has 0 aromatic heterocycles. The average molecular weight is 228 g/mol. The third-order valence-electron chi connectivity index (χ3n) is 3.02. The molecule has 1 amide bonds. The molecule has 1 fully saturated rings. The number of hydrogen-bond donors (Lipinski definition) is 2. The van der Waals surface area contributed by atoms with Gasteiger partial charge in [-0.25, -0.2) is 0 Å². The van der Waals surface area contributed by atoms with Crippen molar-refractivity contribution < 1.29 is 9.90 Å². The third-order valence-corrected chi connectivity index (χ3v) is 3.02. The molecule has 0 radical (unpaired) electrons. The molecule has 0 aromatic rings. The van der Waals surface area contributed by atoms with Crippen LogP contribution in [0.25, 0.3) is 0 Å². The predicted molar refractivity (Wildman–Crippen MR) is 63.8 cm³/mol. The molecular weight excluding hydrogens is 204 g/mol. The van der Waals surface area contributed by atoms with Gasteiger partial charge in [-0.1, -0.05) is 20.8 Å². The van der Waals surface area contributed by atoms with E-state index in [9.17, 15) is 4.79 Å². The normalized spacial score (nSPS) is 19.4. The molecule has 0 saturated carbocycles. The van der Waals surface area contributed by atoms with Crippen molar-refractivity contribution >= 4 is 5.91 Å². The molecule has 0 aromatic carbocycles. The fraction of sp³-hybridized carbons (Fsp3) is 0.917. The maximum atomic E-state index is 12.1. The Morgan fingerprint density at radius 3 is 2.44 bits per heavy atom. The maximum absolute atomic E-state index is 12.1. The summed E-state index contributed by atoms with van der Waals surface area (Å²) in [6.07, 6.45) is 0.822. The molecule has 1 saturated heterocycles. The van der Waals surface area contributed by atoms with Crippen LogP contribution in [0.1, 0.15) is 27.2 Å². The molecule has 4 nitrogen and oxygen atoms in total. The first-order valence-corrected chi connectivity index (χ1v) is 5.97. The number of aliphatic hydroxyl groups excluding tert-OH is 1. The lowest BCUT2D eigenvalue weighted by Crippen LogP contribution is -2.54. The van der Waals surface area contributed by atoms with E-state index in [1.165, 1.54) is 0 Å². The highest BCUT2D eigenvalue weighted by Crippen LogP contribution is 2.27. The number of carbonyl (C=O) groups is 1. The van der Waals surface area contributed by atoms with E-state index in [2.05, 4.69) is 20.8 Å².